The third kappa shape index (κ3) is 3.43. The lowest BCUT2D eigenvalue weighted by Gasteiger charge is -2.07. The van der Waals surface area contributed by atoms with Crippen LogP contribution in [0.2, 0.25) is 0 Å². The van der Waals surface area contributed by atoms with Gasteiger partial charge in [0.2, 0.25) is 0 Å². The molecule has 0 aliphatic heterocycles. The normalized spacial score (nSPS) is 9.65. The van der Waals surface area contributed by atoms with E-state index in [0.717, 1.165) is 0 Å². The summed E-state index contributed by atoms with van der Waals surface area (Å²) in [5.41, 5.74) is -0.286. The minimum absolute atomic E-state index is 0.0464. The maximum Gasteiger partial charge on any atom is 0.290 e. The second-order valence-electron chi connectivity index (χ2n) is 3.21. The zero-order chi connectivity index (χ0) is 12.7. The monoisotopic (exact) mass is 236 g/mol. The summed E-state index contributed by atoms with van der Waals surface area (Å²) >= 11 is 0. The molecule has 0 unspecified atom stereocenters. The predicted octanol–water partition coefficient (Wildman–Crippen LogP) is 1.88. The Kier molecular flexibility index (Phi) is 4.91. The molecule has 0 bridgehead atoms. The molecule has 0 amide bonds. The van der Waals surface area contributed by atoms with Crippen LogP contribution in [0.3, 0.4) is 0 Å². The highest BCUT2D eigenvalue weighted by atomic mass is 16.6. The third-order valence-electron chi connectivity index (χ3n) is 2.06. The lowest BCUT2D eigenvalue weighted by Crippen LogP contribution is -2.03. The van der Waals surface area contributed by atoms with Crippen LogP contribution in [0, 0.1) is 21.4 Å². The summed E-state index contributed by atoms with van der Waals surface area (Å²) in [6, 6.07) is 6.10. The number of nitrogens with zero attached hydrogens (tertiary/aromatic N) is 2. The average molecular weight is 236 g/mol. The molecule has 6 heteroatoms. The molecule has 0 aromatic heterocycles. The number of benzene rings is 1. The molecule has 17 heavy (non-hydrogen) atoms. The Morgan fingerprint density at radius 3 is 2.82 bits per heavy atom. The SMILES string of the molecule is COCCCOc1cccc([N+](=O)[O-])c1C#N. The molecule has 0 N–H and O–H groups in total. The van der Waals surface area contributed by atoms with Crippen molar-refractivity contribution in [3.63, 3.8) is 0 Å². The molecule has 0 spiro atoms. The maximum atomic E-state index is 10.7. The molecule has 0 saturated heterocycles. The fourth-order valence-corrected chi connectivity index (χ4v) is 1.29. The van der Waals surface area contributed by atoms with Gasteiger partial charge in [-0.05, 0) is 6.07 Å². The third-order valence-corrected chi connectivity index (χ3v) is 2.06. The number of nitriles is 1. The number of nitro groups is 1. The first-order valence-electron chi connectivity index (χ1n) is 5.00. The molecule has 0 aliphatic rings. The fraction of sp³-hybridized carbons (Fsp3) is 0.364. The molecule has 0 radical (unpaired) electrons. The van der Waals surface area contributed by atoms with Crippen LogP contribution in [0.1, 0.15) is 12.0 Å². The van der Waals surface area contributed by atoms with Crippen molar-refractivity contribution < 1.29 is 14.4 Å². The highest BCUT2D eigenvalue weighted by Gasteiger charge is 2.17. The van der Waals surface area contributed by atoms with Crippen molar-refractivity contribution >= 4 is 5.69 Å². The van der Waals surface area contributed by atoms with E-state index in [-0.39, 0.29) is 17.0 Å². The summed E-state index contributed by atoms with van der Waals surface area (Å²) < 4.78 is 10.2. The van der Waals surface area contributed by atoms with E-state index in [9.17, 15) is 10.1 Å². The van der Waals surface area contributed by atoms with Crippen LogP contribution in [0.5, 0.6) is 5.75 Å². The molecule has 6 nitrogen and oxygen atoms in total. The van der Waals surface area contributed by atoms with Gasteiger partial charge >= 0.3 is 0 Å². The Bertz CT molecular complexity index is 440. The van der Waals surface area contributed by atoms with Gasteiger partial charge in [-0.1, -0.05) is 6.07 Å². The van der Waals surface area contributed by atoms with E-state index in [1.807, 2.05) is 0 Å². The number of nitro benzene ring substituents is 1. The van der Waals surface area contributed by atoms with E-state index in [0.29, 0.717) is 19.6 Å². The summed E-state index contributed by atoms with van der Waals surface area (Å²) in [6.07, 6.45) is 0.657. The van der Waals surface area contributed by atoms with Gasteiger partial charge in [-0.15, -0.1) is 0 Å². The van der Waals surface area contributed by atoms with Gasteiger partial charge in [0.25, 0.3) is 5.69 Å². The highest BCUT2D eigenvalue weighted by Crippen LogP contribution is 2.27. The lowest BCUT2D eigenvalue weighted by molar-refractivity contribution is -0.385. The maximum absolute atomic E-state index is 10.7. The van der Waals surface area contributed by atoms with Crippen LogP contribution >= 0.6 is 0 Å². The molecule has 1 aromatic rings. The van der Waals surface area contributed by atoms with Gasteiger partial charge in [-0.2, -0.15) is 5.26 Å². The molecule has 0 heterocycles. The first-order chi connectivity index (χ1) is 8.20. The van der Waals surface area contributed by atoms with E-state index in [2.05, 4.69) is 0 Å². The zero-order valence-corrected chi connectivity index (χ0v) is 9.38. The van der Waals surface area contributed by atoms with Gasteiger partial charge < -0.3 is 9.47 Å². The molecule has 90 valence electrons. The Labute approximate surface area is 98.5 Å². The smallest absolute Gasteiger partial charge is 0.290 e. The van der Waals surface area contributed by atoms with Gasteiger partial charge in [0.15, 0.2) is 5.56 Å². The zero-order valence-electron chi connectivity index (χ0n) is 9.38. The van der Waals surface area contributed by atoms with Gasteiger partial charge in [0.05, 0.1) is 11.5 Å². The number of methoxy groups -OCH3 is 1. The Hall–Kier alpha value is -2.13. The van der Waals surface area contributed by atoms with Crippen LogP contribution in [0.15, 0.2) is 18.2 Å². The summed E-state index contributed by atoms with van der Waals surface area (Å²) in [5, 5.41) is 19.6. The molecule has 0 saturated carbocycles. The molecular formula is C11H12N2O4. The Morgan fingerprint density at radius 1 is 1.47 bits per heavy atom. The van der Waals surface area contributed by atoms with Crippen molar-refractivity contribution in [2.24, 2.45) is 0 Å². The van der Waals surface area contributed by atoms with Crippen molar-refractivity contribution in [2.45, 2.75) is 6.42 Å². The van der Waals surface area contributed by atoms with E-state index in [4.69, 9.17) is 14.7 Å². The Balaban J connectivity index is 2.82. The standard InChI is InChI=1S/C11H12N2O4/c1-16-6-3-7-17-11-5-2-4-10(13(14)15)9(11)8-12/h2,4-5H,3,6-7H2,1H3. The molecule has 1 aromatic carbocycles. The van der Waals surface area contributed by atoms with Crippen LogP contribution in [0.4, 0.5) is 5.69 Å². The van der Waals surface area contributed by atoms with Gasteiger partial charge in [0.1, 0.15) is 11.8 Å². The summed E-state index contributed by atoms with van der Waals surface area (Å²) in [4.78, 5) is 10.1. The second kappa shape index (κ2) is 6.45. The van der Waals surface area contributed by atoms with Crippen molar-refractivity contribution in [1.29, 1.82) is 5.26 Å². The van der Waals surface area contributed by atoms with E-state index < -0.39 is 4.92 Å². The summed E-state index contributed by atoms with van der Waals surface area (Å²) in [5.74, 6) is 0.234. The summed E-state index contributed by atoms with van der Waals surface area (Å²) in [6.45, 7) is 0.889. The molecule has 0 fully saturated rings. The molecule has 0 atom stereocenters. The van der Waals surface area contributed by atoms with Crippen molar-refractivity contribution in [1.82, 2.24) is 0 Å². The quantitative estimate of drug-likeness (QED) is 0.427. The van der Waals surface area contributed by atoms with Gasteiger partial charge in [0, 0.05) is 26.2 Å². The van der Waals surface area contributed by atoms with Crippen LogP contribution in [0.25, 0.3) is 0 Å². The average Bonchev–Trinajstić information content (AvgIpc) is 2.34. The van der Waals surface area contributed by atoms with Crippen LogP contribution < -0.4 is 4.74 Å². The lowest BCUT2D eigenvalue weighted by atomic mass is 10.2. The van der Waals surface area contributed by atoms with Crippen LogP contribution in [-0.2, 0) is 4.74 Å². The van der Waals surface area contributed by atoms with Crippen molar-refractivity contribution in [3.05, 3.63) is 33.9 Å². The van der Waals surface area contributed by atoms with Crippen molar-refractivity contribution in [3.8, 4) is 11.8 Å². The molecular weight excluding hydrogens is 224 g/mol. The molecule has 1 rings (SSSR count). The minimum Gasteiger partial charge on any atom is -0.492 e. The predicted molar refractivity (Wildman–Crippen MR) is 59.8 cm³/mol. The van der Waals surface area contributed by atoms with Crippen LogP contribution in [-0.4, -0.2) is 25.2 Å². The number of hydrogen-bond acceptors (Lipinski definition) is 5. The first-order valence-corrected chi connectivity index (χ1v) is 5.00. The van der Waals surface area contributed by atoms with Gasteiger partial charge in [-0.3, -0.25) is 10.1 Å². The number of ether oxygens (including phenoxy) is 2. The van der Waals surface area contributed by atoms with E-state index in [1.165, 1.54) is 12.1 Å². The van der Waals surface area contributed by atoms with E-state index >= 15 is 0 Å². The number of rotatable bonds is 6. The summed E-state index contributed by atoms with van der Waals surface area (Å²) in [7, 11) is 1.58. The highest BCUT2D eigenvalue weighted by molar-refractivity contribution is 5.56. The van der Waals surface area contributed by atoms with Crippen molar-refractivity contribution in [2.75, 3.05) is 20.3 Å². The Morgan fingerprint density at radius 2 is 2.24 bits per heavy atom. The van der Waals surface area contributed by atoms with Gasteiger partial charge in [-0.25, -0.2) is 0 Å². The second-order valence-corrected chi connectivity index (χ2v) is 3.21. The van der Waals surface area contributed by atoms with E-state index in [1.54, 1.807) is 19.2 Å². The minimum atomic E-state index is -0.597. The first kappa shape index (κ1) is 12.9. The topological polar surface area (TPSA) is 85.4 Å². The molecule has 0 aliphatic carbocycles. The fourth-order valence-electron chi connectivity index (χ4n) is 1.29. The largest absolute Gasteiger partial charge is 0.492 e. The number of hydrogen-bond donors (Lipinski definition) is 0.